The summed E-state index contributed by atoms with van der Waals surface area (Å²) in [6.45, 7) is -0.916. The van der Waals surface area contributed by atoms with Crippen molar-refractivity contribution in [3.63, 3.8) is 0 Å². The van der Waals surface area contributed by atoms with Gasteiger partial charge < -0.3 is 18.6 Å². The van der Waals surface area contributed by atoms with Crippen molar-refractivity contribution < 1.29 is 18.6 Å². The average molecular weight is 463 g/mol. The van der Waals surface area contributed by atoms with Crippen molar-refractivity contribution in [1.29, 1.82) is 0 Å². The fraction of sp³-hybridized carbons (Fsp3) is 0.200. The molecule has 0 N–H and O–H groups in total. The van der Waals surface area contributed by atoms with Gasteiger partial charge in [-0.15, -0.1) is 45.3 Å². The molecule has 4 rings (SSSR count). The molecule has 0 amide bonds. The van der Waals surface area contributed by atoms with Crippen LogP contribution in [0.25, 0.3) is 0 Å². The SMILES string of the molecule is c1csc(CO[B-](OCc2cccs2)(OCc2cccs2)OCc2cccs2)c1. The monoisotopic (exact) mass is 463 g/mol. The Balaban J connectivity index is 1.51. The fourth-order valence-corrected chi connectivity index (χ4v) is 5.10. The van der Waals surface area contributed by atoms with Crippen molar-refractivity contribution in [1.82, 2.24) is 0 Å². The van der Waals surface area contributed by atoms with Gasteiger partial charge in [0.2, 0.25) is 0 Å². The Hall–Kier alpha value is -1.30. The molecule has 0 aromatic carbocycles. The summed E-state index contributed by atoms with van der Waals surface area (Å²) in [6.07, 6.45) is 0. The zero-order valence-corrected chi connectivity index (χ0v) is 18.9. The lowest BCUT2D eigenvalue weighted by Crippen LogP contribution is -2.48. The Kier molecular flexibility index (Phi) is 7.70. The van der Waals surface area contributed by atoms with Gasteiger partial charge >= 0.3 is 6.96 Å². The molecule has 0 unspecified atom stereocenters. The molecule has 0 aliphatic rings. The van der Waals surface area contributed by atoms with Gasteiger partial charge in [-0.05, 0) is 45.8 Å². The van der Waals surface area contributed by atoms with Crippen LogP contribution in [0.15, 0.2) is 70.1 Å². The lowest BCUT2D eigenvalue weighted by molar-refractivity contribution is -0.0504. The van der Waals surface area contributed by atoms with Gasteiger partial charge in [-0.3, -0.25) is 0 Å². The Bertz CT molecular complexity index is 763. The molecule has 4 heterocycles. The lowest BCUT2D eigenvalue weighted by atomic mass is 10.0. The second-order valence-electron chi connectivity index (χ2n) is 6.14. The van der Waals surface area contributed by atoms with Crippen LogP contribution < -0.4 is 0 Å². The molecule has 4 aromatic heterocycles. The summed E-state index contributed by atoms with van der Waals surface area (Å²) in [5, 5.41) is 8.11. The van der Waals surface area contributed by atoms with Gasteiger partial charge in [0.25, 0.3) is 0 Å². The summed E-state index contributed by atoms with van der Waals surface area (Å²) >= 11 is 6.54. The molecule has 0 aliphatic carbocycles. The van der Waals surface area contributed by atoms with Gasteiger partial charge in [0.15, 0.2) is 0 Å². The van der Waals surface area contributed by atoms with E-state index in [9.17, 15) is 0 Å². The van der Waals surface area contributed by atoms with E-state index in [0.29, 0.717) is 26.4 Å². The van der Waals surface area contributed by atoms with Crippen LogP contribution in [0.2, 0.25) is 0 Å². The predicted octanol–water partition coefficient (Wildman–Crippen LogP) is 6.54. The van der Waals surface area contributed by atoms with Gasteiger partial charge in [0, 0.05) is 45.9 Å². The van der Waals surface area contributed by atoms with Crippen LogP contribution in [0.4, 0.5) is 0 Å². The van der Waals surface area contributed by atoms with Crippen molar-refractivity contribution in [3.05, 3.63) is 89.6 Å². The molecule has 0 bridgehead atoms. The summed E-state index contributed by atoms with van der Waals surface area (Å²) in [4.78, 5) is 4.37. The van der Waals surface area contributed by atoms with E-state index in [-0.39, 0.29) is 0 Å². The first kappa shape index (κ1) is 21.0. The standard InChI is InChI=1S/C20H20BO4S4/c1-5-17(26-9-1)13-22-21(23-14-18-6-2-10-27-18,24-15-19-7-3-11-28-19)25-16-20-8-4-12-29-20/h1-12H,13-16H2/q-1. The molecular weight excluding hydrogens is 443 g/mol. The molecule has 29 heavy (non-hydrogen) atoms. The summed E-state index contributed by atoms with van der Waals surface area (Å²) in [7, 11) is 0. The minimum absolute atomic E-state index is 0.372. The Morgan fingerprint density at radius 2 is 0.759 bits per heavy atom. The quantitative estimate of drug-likeness (QED) is 0.224. The van der Waals surface area contributed by atoms with Crippen LogP contribution in [-0.2, 0) is 45.0 Å². The minimum Gasteiger partial charge on any atom is -0.514 e. The fourth-order valence-electron chi connectivity index (χ4n) is 2.60. The molecule has 0 radical (unpaired) electrons. The first-order valence-corrected chi connectivity index (χ1v) is 12.6. The van der Waals surface area contributed by atoms with Crippen LogP contribution in [0.3, 0.4) is 0 Å². The van der Waals surface area contributed by atoms with Crippen molar-refractivity contribution in [2.75, 3.05) is 0 Å². The molecule has 9 heteroatoms. The summed E-state index contributed by atoms with van der Waals surface area (Å²) in [5.74, 6) is 0. The highest BCUT2D eigenvalue weighted by Gasteiger charge is 2.33. The summed E-state index contributed by atoms with van der Waals surface area (Å²) in [6, 6.07) is 16.1. The molecule has 0 saturated heterocycles. The van der Waals surface area contributed by atoms with E-state index in [2.05, 4.69) is 0 Å². The summed E-state index contributed by atoms with van der Waals surface area (Å²) in [5.41, 5.74) is 0. The number of thiophene rings is 4. The number of hydrogen-bond donors (Lipinski definition) is 0. The highest BCUT2D eigenvalue weighted by atomic mass is 32.1. The van der Waals surface area contributed by atoms with Crippen LogP contribution >= 0.6 is 45.3 Å². The van der Waals surface area contributed by atoms with Crippen molar-refractivity contribution in [3.8, 4) is 0 Å². The molecule has 0 fully saturated rings. The molecule has 0 atom stereocenters. The van der Waals surface area contributed by atoms with E-state index in [1.54, 1.807) is 45.3 Å². The number of hydrogen-bond acceptors (Lipinski definition) is 8. The van der Waals surface area contributed by atoms with E-state index in [0.717, 1.165) is 19.5 Å². The predicted molar refractivity (Wildman–Crippen MR) is 122 cm³/mol. The van der Waals surface area contributed by atoms with Crippen molar-refractivity contribution >= 4 is 52.3 Å². The second kappa shape index (κ2) is 10.6. The second-order valence-corrected chi connectivity index (χ2v) is 10.3. The minimum atomic E-state index is -2.40. The van der Waals surface area contributed by atoms with E-state index < -0.39 is 6.96 Å². The van der Waals surface area contributed by atoms with E-state index >= 15 is 0 Å². The van der Waals surface area contributed by atoms with Gasteiger partial charge in [-0.25, -0.2) is 0 Å². The molecule has 0 saturated carbocycles. The zero-order chi connectivity index (χ0) is 19.8. The van der Waals surface area contributed by atoms with Gasteiger partial charge in [-0.2, -0.15) is 0 Å². The van der Waals surface area contributed by atoms with Crippen molar-refractivity contribution in [2.24, 2.45) is 0 Å². The molecule has 152 valence electrons. The largest absolute Gasteiger partial charge is 0.532 e. The molecule has 0 aliphatic heterocycles. The molecular formula is C20H20BO4S4-. The maximum atomic E-state index is 6.19. The van der Waals surface area contributed by atoms with E-state index in [1.807, 2.05) is 70.1 Å². The highest BCUT2D eigenvalue weighted by Crippen LogP contribution is 2.25. The Morgan fingerprint density at radius 1 is 0.483 bits per heavy atom. The van der Waals surface area contributed by atoms with Crippen LogP contribution in [0, 0.1) is 0 Å². The number of rotatable bonds is 12. The van der Waals surface area contributed by atoms with Crippen LogP contribution in [-0.4, -0.2) is 6.96 Å². The third-order valence-corrected chi connectivity index (χ3v) is 7.44. The highest BCUT2D eigenvalue weighted by molar-refractivity contribution is 7.10. The van der Waals surface area contributed by atoms with Crippen LogP contribution in [0.1, 0.15) is 19.5 Å². The van der Waals surface area contributed by atoms with E-state index in [1.165, 1.54) is 0 Å². The van der Waals surface area contributed by atoms with Gasteiger partial charge in [0.05, 0.1) is 0 Å². The maximum absolute atomic E-state index is 6.19. The summed E-state index contributed by atoms with van der Waals surface area (Å²) < 4.78 is 24.8. The Morgan fingerprint density at radius 3 is 0.966 bits per heavy atom. The molecule has 0 spiro atoms. The van der Waals surface area contributed by atoms with Crippen LogP contribution in [0.5, 0.6) is 0 Å². The first-order chi connectivity index (χ1) is 14.3. The van der Waals surface area contributed by atoms with Crippen molar-refractivity contribution in [2.45, 2.75) is 26.4 Å². The average Bonchev–Trinajstić information content (AvgIpc) is 3.56. The zero-order valence-electron chi connectivity index (χ0n) is 15.6. The van der Waals surface area contributed by atoms with E-state index in [4.69, 9.17) is 18.6 Å². The molecule has 4 nitrogen and oxygen atoms in total. The lowest BCUT2D eigenvalue weighted by Gasteiger charge is -2.40. The maximum Gasteiger partial charge on any atom is 0.532 e. The topological polar surface area (TPSA) is 36.9 Å². The van der Waals surface area contributed by atoms with Gasteiger partial charge in [0.1, 0.15) is 0 Å². The smallest absolute Gasteiger partial charge is 0.514 e. The third kappa shape index (κ3) is 6.34. The van der Waals surface area contributed by atoms with Gasteiger partial charge in [-0.1, -0.05) is 24.3 Å². The Labute approximate surface area is 186 Å². The normalized spacial score (nSPS) is 11.9. The third-order valence-electron chi connectivity index (χ3n) is 4.04. The molecule has 4 aromatic rings. The first-order valence-electron chi connectivity index (χ1n) is 9.09.